The average Bonchev–Trinajstić information content (AvgIpc) is 2.71. The summed E-state index contributed by atoms with van der Waals surface area (Å²) in [5.41, 5.74) is 1.72. The summed E-state index contributed by atoms with van der Waals surface area (Å²) in [7, 11) is 0. The monoisotopic (exact) mass is 186 g/mol. The molecule has 0 unspecified atom stereocenters. The lowest BCUT2D eigenvalue weighted by Crippen LogP contribution is -2.02. The van der Waals surface area contributed by atoms with Crippen LogP contribution in [0.4, 0.5) is 0 Å². The molecule has 0 spiro atoms. The van der Waals surface area contributed by atoms with E-state index >= 15 is 0 Å². The first-order valence-corrected chi connectivity index (χ1v) is 4.40. The maximum atomic E-state index is 10.7. The van der Waals surface area contributed by atoms with E-state index in [1.165, 1.54) is 0 Å². The van der Waals surface area contributed by atoms with Gasteiger partial charge >= 0.3 is 0 Å². The number of aldehydes is 1. The minimum absolute atomic E-state index is 0.641. The lowest BCUT2D eigenvalue weighted by Gasteiger charge is -2.03. The molecule has 2 aromatic rings. The highest BCUT2D eigenvalue weighted by atomic mass is 16.1. The summed E-state index contributed by atoms with van der Waals surface area (Å²) in [4.78, 5) is 10.7. The zero-order valence-electron chi connectivity index (χ0n) is 7.63. The van der Waals surface area contributed by atoms with Gasteiger partial charge in [0, 0.05) is 18.0 Å². The molecule has 0 aliphatic rings. The molecule has 3 nitrogen and oxygen atoms in total. The van der Waals surface area contributed by atoms with Gasteiger partial charge in [0.2, 0.25) is 0 Å². The van der Waals surface area contributed by atoms with Gasteiger partial charge in [0.25, 0.3) is 0 Å². The van der Waals surface area contributed by atoms with Crippen molar-refractivity contribution in [1.29, 1.82) is 0 Å². The largest absolute Gasteiger partial charge is 0.298 e. The smallest absolute Gasteiger partial charge is 0.150 e. The summed E-state index contributed by atoms with van der Waals surface area (Å²) < 4.78 is 1.79. The highest BCUT2D eigenvalue weighted by molar-refractivity contribution is 5.77. The Morgan fingerprint density at radius 2 is 2.14 bits per heavy atom. The number of benzene rings is 1. The zero-order chi connectivity index (χ0) is 9.80. The molecule has 0 atom stereocenters. The maximum absolute atomic E-state index is 10.7. The molecule has 1 aromatic heterocycles. The quantitative estimate of drug-likeness (QED) is 0.684. The summed E-state index contributed by atoms with van der Waals surface area (Å²) in [6, 6.07) is 9.39. The van der Waals surface area contributed by atoms with E-state index in [1.807, 2.05) is 36.5 Å². The van der Waals surface area contributed by atoms with Crippen molar-refractivity contribution in [3.8, 4) is 0 Å². The second-order valence-corrected chi connectivity index (χ2v) is 3.02. The lowest BCUT2D eigenvalue weighted by molar-refractivity contribution is 0.112. The van der Waals surface area contributed by atoms with Gasteiger partial charge in [-0.05, 0) is 11.6 Å². The molecular weight excluding hydrogens is 176 g/mol. The Morgan fingerprint density at radius 3 is 2.86 bits per heavy atom. The topological polar surface area (TPSA) is 34.9 Å². The molecule has 14 heavy (non-hydrogen) atoms. The Labute approximate surface area is 82.0 Å². The number of hydrogen-bond donors (Lipinski definition) is 0. The molecule has 3 heteroatoms. The first-order valence-electron chi connectivity index (χ1n) is 4.40. The van der Waals surface area contributed by atoms with Gasteiger partial charge in [-0.15, -0.1) is 0 Å². The Morgan fingerprint density at radius 1 is 1.29 bits per heavy atom. The van der Waals surface area contributed by atoms with Crippen LogP contribution in [0.1, 0.15) is 15.9 Å². The molecule has 0 aliphatic heterocycles. The summed E-state index contributed by atoms with van der Waals surface area (Å²) in [5.74, 6) is 0. The van der Waals surface area contributed by atoms with Crippen molar-refractivity contribution in [1.82, 2.24) is 9.78 Å². The van der Waals surface area contributed by atoms with Crippen LogP contribution in [0.25, 0.3) is 0 Å². The fourth-order valence-corrected chi connectivity index (χ4v) is 1.36. The molecule has 70 valence electrons. The van der Waals surface area contributed by atoms with Crippen molar-refractivity contribution < 1.29 is 4.79 Å². The van der Waals surface area contributed by atoms with E-state index in [0.717, 1.165) is 17.4 Å². The Hall–Kier alpha value is -1.90. The van der Waals surface area contributed by atoms with E-state index in [1.54, 1.807) is 10.9 Å². The molecule has 1 heterocycles. The van der Waals surface area contributed by atoms with E-state index in [-0.39, 0.29) is 0 Å². The van der Waals surface area contributed by atoms with Gasteiger partial charge in [-0.25, -0.2) is 0 Å². The van der Waals surface area contributed by atoms with Crippen LogP contribution in [0, 0.1) is 0 Å². The number of nitrogens with zero attached hydrogens (tertiary/aromatic N) is 2. The Balaban J connectivity index is 2.28. The third kappa shape index (κ3) is 1.71. The number of carbonyl (C=O) groups excluding carboxylic acids is 1. The fraction of sp³-hybridized carbons (Fsp3) is 0.0909. The number of hydrogen-bond acceptors (Lipinski definition) is 2. The Bertz CT molecular complexity index is 421. The minimum Gasteiger partial charge on any atom is -0.298 e. The van der Waals surface area contributed by atoms with Crippen LogP contribution < -0.4 is 0 Å². The maximum Gasteiger partial charge on any atom is 0.150 e. The van der Waals surface area contributed by atoms with E-state index in [4.69, 9.17) is 0 Å². The van der Waals surface area contributed by atoms with Gasteiger partial charge in [-0.2, -0.15) is 5.10 Å². The third-order valence-corrected chi connectivity index (χ3v) is 2.07. The molecule has 1 aromatic carbocycles. The zero-order valence-corrected chi connectivity index (χ0v) is 7.63. The average molecular weight is 186 g/mol. The SMILES string of the molecule is O=Cc1ccccc1Cn1cccn1. The van der Waals surface area contributed by atoms with Crippen molar-refractivity contribution in [2.24, 2.45) is 0 Å². The molecule has 0 bridgehead atoms. The van der Waals surface area contributed by atoms with Gasteiger partial charge in [0.15, 0.2) is 0 Å². The van der Waals surface area contributed by atoms with E-state index in [2.05, 4.69) is 5.10 Å². The third-order valence-electron chi connectivity index (χ3n) is 2.07. The highest BCUT2D eigenvalue weighted by Gasteiger charge is 2.00. The van der Waals surface area contributed by atoms with Crippen molar-refractivity contribution in [3.05, 3.63) is 53.9 Å². The predicted molar refractivity (Wildman–Crippen MR) is 53.2 cm³/mol. The van der Waals surface area contributed by atoms with Gasteiger partial charge in [0.1, 0.15) is 6.29 Å². The van der Waals surface area contributed by atoms with Crippen LogP contribution in [-0.4, -0.2) is 16.1 Å². The molecule has 0 radical (unpaired) electrons. The van der Waals surface area contributed by atoms with E-state index < -0.39 is 0 Å². The van der Waals surface area contributed by atoms with Crippen molar-refractivity contribution in [3.63, 3.8) is 0 Å². The first-order chi connectivity index (χ1) is 6.90. The number of aromatic nitrogens is 2. The summed E-state index contributed by atoms with van der Waals surface area (Å²) in [6.45, 7) is 0.641. The molecule has 0 N–H and O–H groups in total. The standard InChI is InChI=1S/C11H10N2O/c14-9-11-5-2-1-4-10(11)8-13-7-3-6-12-13/h1-7,9H,8H2. The molecule has 0 saturated carbocycles. The van der Waals surface area contributed by atoms with Crippen LogP contribution in [-0.2, 0) is 6.54 Å². The summed E-state index contributed by atoms with van der Waals surface area (Å²) >= 11 is 0. The van der Waals surface area contributed by atoms with Crippen LogP contribution >= 0.6 is 0 Å². The van der Waals surface area contributed by atoms with Crippen LogP contribution in [0.5, 0.6) is 0 Å². The van der Waals surface area contributed by atoms with E-state index in [9.17, 15) is 4.79 Å². The molecule has 0 fully saturated rings. The Kier molecular flexibility index (Phi) is 2.40. The normalized spacial score (nSPS) is 10.0. The van der Waals surface area contributed by atoms with Crippen LogP contribution in [0.3, 0.4) is 0 Å². The van der Waals surface area contributed by atoms with Crippen molar-refractivity contribution in [2.45, 2.75) is 6.54 Å². The molecule has 2 rings (SSSR count). The summed E-state index contributed by atoms with van der Waals surface area (Å²) in [6.07, 6.45) is 4.48. The second kappa shape index (κ2) is 3.87. The highest BCUT2D eigenvalue weighted by Crippen LogP contribution is 2.07. The minimum atomic E-state index is 0.641. The molecule has 0 aliphatic carbocycles. The molecule has 0 amide bonds. The van der Waals surface area contributed by atoms with Crippen LogP contribution in [0.2, 0.25) is 0 Å². The van der Waals surface area contributed by atoms with E-state index in [0.29, 0.717) is 6.54 Å². The van der Waals surface area contributed by atoms with Crippen LogP contribution in [0.15, 0.2) is 42.7 Å². The molecule has 0 saturated heterocycles. The van der Waals surface area contributed by atoms with Gasteiger partial charge in [-0.3, -0.25) is 9.48 Å². The second-order valence-electron chi connectivity index (χ2n) is 3.02. The van der Waals surface area contributed by atoms with Gasteiger partial charge in [0.05, 0.1) is 6.54 Å². The van der Waals surface area contributed by atoms with Crippen molar-refractivity contribution in [2.75, 3.05) is 0 Å². The number of carbonyl (C=O) groups is 1. The fourth-order valence-electron chi connectivity index (χ4n) is 1.36. The predicted octanol–water partition coefficient (Wildman–Crippen LogP) is 1.74. The molecular formula is C11H10N2O. The number of rotatable bonds is 3. The first kappa shape index (κ1) is 8.69. The van der Waals surface area contributed by atoms with Gasteiger partial charge < -0.3 is 0 Å². The van der Waals surface area contributed by atoms with Gasteiger partial charge in [-0.1, -0.05) is 24.3 Å². The lowest BCUT2D eigenvalue weighted by atomic mass is 10.1. The van der Waals surface area contributed by atoms with Crippen molar-refractivity contribution >= 4 is 6.29 Å². The summed E-state index contributed by atoms with van der Waals surface area (Å²) in [5, 5.41) is 4.09.